The van der Waals surface area contributed by atoms with Crippen LogP contribution in [0.25, 0.3) is 0 Å². The minimum absolute atomic E-state index is 0.0137. The Kier molecular flexibility index (Phi) is 2.09. The Bertz CT molecular complexity index is 268. The van der Waals surface area contributed by atoms with E-state index in [0.717, 1.165) is 12.8 Å². The molecule has 0 aromatic rings. The number of hydrogen-bond donors (Lipinski definition) is 0. The Labute approximate surface area is 92.3 Å². The number of hydrogen-bond acceptors (Lipinski definition) is 1. The molecule has 0 aliphatic heterocycles. The van der Waals surface area contributed by atoms with Gasteiger partial charge in [0.05, 0.1) is 4.83 Å². The van der Waals surface area contributed by atoms with E-state index in [1.165, 1.54) is 0 Å². The zero-order valence-electron chi connectivity index (χ0n) is 7.94. The molecule has 2 bridgehead atoms. The summed E-state index contributed by atoms with van der Waals surface area (Å²) in [5, 5.41) is 0. The third kappa shape index (κ3) is 0.918. The van der Waals surface area contributed by atoms with Gasteiger partial charge in [0, 0.05) is 11.3 Å². The number of carbonyl (C=O) groups is 1. The summed E-state index contributed by atoms with van der Waals surface area (Å²) in [6, 6.07) is 0. The molecule has 2 aliphatic carbocycles. The molecule has 13 heavy (non-hydrogen) atoms. The maximum atomic E-state index is 12.0. The van der Waals surface area contributed by atoms with Gasteiger partial charge in [-0.2, -0.15) is 0 Å². The summed E-state index contributed by atoms with van der Waals surface area (Å²) in [6.07, 6.45) is 2.16. The van der Waals surface area contributed by atoms with Crippen LogP contribution in [-0.2, 0) is 4.79 Å². The van der Waals surface area contributed by atoms with Crippen LogP contribution in [0, 0.1) is 16.7 Å². The second-order valence-corrected chi connectivity index (χ2v) is 6.05. The molecule has 0 saturated heterocycles. The van der Waals surface area contributed by atoms with Gasteiger partial charge in [-0.3, -0.25) is 4.79 Å². The SMILES string of the molecule is CC12CCC(C(Br)C1=O)C2(C)CCl. The first kappa shape index (κ1) is 9.97. The van der Waals surface area contributed by atoms with Crippen LogP contribution in [-0.4, -0.2) is 16.5 Å². The van der Waals surface area contributed by atoms with E-state index in [-0.39, 0.29) is 15.7 Å². The Morgan fingerprint density at radius 1 is 1.62 bits per heavy atom. The number of fused-ring (bicyclic) bond motifs is 2. The van der Waals surface area contributed by atoms with Crippen molar-refractivity contribution in [2.75, 3.05) is 5.88 Å². The van der Waals surface area contributed by atoms with Crippen LogP contribution < -0.4 is 0 Å². The van der Waals surface area contributed by atoms with Crippen molar-refractivity contribution in [3.05, 3.63) is 0 Å². The first-order valence-corrected chi connectivity index (χ1v) is 6.17. The smallest absolute Gasteiger partial charge is 0.153 e. The molecular formula is C10H14BrClO. The fourth-order valence-electron chi connectivity index (χ4n) is 3.07. The first-order chi connectivity index (χ1) is 5.97. The predicted octanol–water partition coefficient (Wildman–Crippen LogP) is 2.99. The second kappa shape index (κ2) is 2.73. The van der Waals surface area contributed by atoms with Gasteiger partial charge in [0.2, 0.25) is 0 Å². The van der Waals surface area contributed by atoms with Gasteiger partial charge in [0.1, 0.15) is 0 Å². The highest BCUT2D eigenvalue weighted by Gasteiger charge is 2.67. The van der Waals surface area contributed by atoms with E-state index >= 15 is 0 Å². The molecule has 0 aromatic carbocycles. The fourth-order valence-corrected chi connectivity index (χ4v) is 4.91. The van der Waals surface area contributed by atoms with Crippen LogP contribution in [0.15, 0.2) is 0 Å². The highest BCUT2D eigenvalue weighted by atomic mass is 79.9. The van der Waals surface area contributed by atoms with Crippen molar-refractivity contribution in [3.8, 4) is 0 Å². The number of rotatable bonds is 1. The third-order valence-electron chi connectivity index (χ3n) is 4.46. The zero-order chi connectivity index (χ0) is 9.85. The molecule has 0 radical (unpaired) electrons. The monoisotopic (exact) mass is 264 g/mol. The van der Waals surface area contributed by atoms with E-state index in [4.69, 9.17) is 11.6 Å². The van der Waals surface area contributed by atoms with E-state index in [9.17, 15) is 4.79 Å². The van der Waals surface area contributed by atoms with Crippen molar-refractivity contribution < 1.29 is 4.79 Å². The van der Waals surface area contributed by atoms with E-state index in [1.54, 1.807) is 0 Å². The lowest BCUT2D eigenvalue weighted by Crippen LogP contribution is -2.36. The lowest BCUT2D eigenvalue weighted by molar-refractivity contribution is -0.127. The van der Waals surface area contributed by atoms with Crippen molar-refractivity contribution in [3.63, 3.8) is 0 Å². The van der Waals surface area contributed by atoms with Gasteiger partial charge >= 0.3 is 0 Å². The van der Waals surface area contributed by atoms with Crippen LogP contribution in [0.2, 0.25) is 0 Å². The lowest BCUT2D eigenvalue weighted by Gasteiger charge is -2.34. The highest BCUT2D eigenvalue weighted by Crippen LogP contribution is 2.65. The summed E-state index contributed by atoms with van der Waals surface area (Å²) >= 11 is 9.53. The number of ketones is 1. The van der Waals surface area contributed by atoms with Crippen LogP contribution in [0.3, 0.4) is 0 Å². The summed E-state index contributed by atoms with van der Waals surface area (Å²) in [5.41, 5.74) is -0.159. The van der Waals surface area contributed by atoms with Gasteiger partial charge in [0.15, 0.2) is 5.78 Å². The van der Waals surface area contributed by atoms with Crippen molar-refractivity contribution in [1.82, 2.24) is 0 Å². The van der Waals surface area contributed by atoms with Gasteiger partial charge in [0.25, 0.3) is 0 Å². The van der Waals surface area contributed by atoms with Crippen LogP contribution in [0.5, 0.6) is 0 Å². The Morgan fingerprint density at radius 3 is 2.54 bits per heavy atom. The topological polar surface area (TPSA) is 17.1 Å². The molecule has 2 saturated carbocycles. The Morgan fingerprint density at radius 2 is 2.23 bits per heavy atom. The average molecular weight is 266 g/mol. The van der Waals surface area contributed by atoms with Crippen molar-refractivity contribution in [1.29, 1.82) is 0 Å². The zero-order valence-corrected chi connectivity index (χ0v) is 10.3. The molecule has 0 spiro atoms. The molecule has 1 nitrogen and oxygen atoms in total. The summed E-state index contributed by atoms with van der Waals surface area (Å²) in [7, 11) is 0. The Hall–Kier alpha value is 0.440. The van der Waals surface area contributed by atoms with Gasteiger partial charge in [-0.25, -0.2) is 0 Å². The second-order valence-electron chi connectivity index (χ2n) is 4.79. The third-order valence-corrected chi connectivity index (χ3v) is 6.07. The number of Topliss-reactive ketones (excluding diaryl/α,β-unsaturated/α-hetero) is 1. The molecular weight excluding hydrogens is 251 g/mol. The molecule has 2 aliphatic rings. The van der Waals surface area contributed by atoms with Gasteiger partial charge in [-0.15, -0.1) is 11.6 Å². The largest absolute Gasteiger partial charge is 0.298 e. The molecule has 4 atom stereocenters. The molecule has 4 unspecified atom stereocenters. The van der Waals surface area contributed by atoms with Crippen LogP contribution >= 0.6 is 27.5 Å². The van der Waals surface area contributed by atoms with E-state index in [2.05, 4.69) is 29.8 Å². The molecule has 2 fully saturated rings. The quantitative estimate of drug-likeness (QED) is 0.666. The van der Waals surface area contributed by atoms with Crippen LogP contribution in [0.1, 0.15) is 26.7 Å². The number of alkyl halides is 2. The van der Waals surface area contributed by atoms with Gasteiger partial charge < -0.3 is 0 Å². The maximum absolute atomic E-state index is 12.0. The predicted molar refractivity (Wildman–Crippen MR) is 57.4 cm³/mol. The minimum atomic E-state index is -0.173. The molecule has 3 heteroatoms. The maximum Gasteiger partial charge on any atom is 0.153 e. The van der Waals surface area contributed by atoms with Gasteiger partial charge in [-0.1, -0.05) is 29.8 Å². The molecule has 0 N–H and O–H groups in total. The summed E-state index contributed by atoms with van der Waals surface area (Å²) in [6.45, 7) is 4.25. The van der Waals surface area contributed by atoms with E-state index in [1.807, 2.05) is 0 Å². The first-order valence-electron chi connectivity index (χ1n) is 4.72. The molecule has 2 rings (SSSR count). The minimum Gasteiger partial charge on any atom is -0.298 e. The van der Waals surface area contributed by atoms with Crippen molar-refractivity contribution >= 4 is 33.3 Å². The molecule has 0 aromatic heterocycles. The molecule has 0 amide bonds. The van der Waals surface area contributed by atoms with Crippen molar-refractivity contribution in [2.45, 2.75) is 31.5 Å². The highest BCUT2D eigenvalue weighted by molar-refractivity contribution is 9.10. The lowest BCUT2D eigenvalue weighted by atomic mass is 9.70. The average Bonchev–Trinajstić information content (AvgIpc) is 2.44. The van der Waals surface area contributed by atoms with E-state index < -0.39 is 0 Å². The summed E-state index contributed by atoms with van der Waals surface area (Å²) < 4.78 is 0. The van der Waals surface area contributed by atoms with E-state index in [0.29, 0.717) is 17.6 Å². The number of carbonyl (C=O) groups excluding carboxylic acids is 1. The Balaban J connectivity index is 2.49. The molecule has 0 heterocycles. The fraction of sp³-hybridized carbons (Fsp3) is 0.900. The standard InChI is InChI=1S/C10H14BrClO/c1-9-4-3-6(7(11)8(9)13)10(9,2)5-12/h6-7H,3-5H2,1-2H3. The molecule has 74 valence electrons. The van der Waals surface area contributed by atoms with Crippen LogP contribution in [0.4, 0.5) is 0 Å². The van der Waals surface area contributed by atoms with Gasteiger partial charge in [-0.05, 0) is 24.2 Å². The summed E-state index contributed by atoms with van der Waals surface area (Å²) in [5.74, 6) is 1.41. The van der Waals surface area contributed by atoms with Crippen molar-refractivity contribution in [2.24, 2.45) is 16.7 Å². The normalized spacial score (nSPS) is 54.6. The number of halogens is 2. The summed E-state index contributed by atoms with van der Waals surface area (Å²) in [4.78, 5) is 12.0.